The summed E-state index contributed by atoms with van der Waals surface area (Å²) < 4.78 is 0. The van der Waals surface area contributed by atoms with Gasteiger partial charge in [-0.1, -0.05) is 0 Å². The molecule has 0 saturated heterocycles. The largest absolute Gasteiger partial charge is 0.354 e. The van der Waals surface area contributed by atoms with Crippen LogP contribution in [0, 0.1) is 11.3 Å². The van der Waals surface area contributed by atoms with Gasteiger partial charge in [-0.05, 0) is 12.1 Å². The van der Waals surface area contributed by atoms with Crippen LogP contribution in [0.5, 0.6) is 0 Å². The first-order valence-electron chi connectivity index (χ1n) is 6.63. The van der Waals surface area contributed by atoms with Crippen molar-refractivity contribution in [2.45, 2.75) is 13.0 Å². The number of anilines is 1. The molecule has 0 saturated carbocycles. The lowest BCUT2D eigenvalue weighted by atomic mass is 10.0. The fourth-order valence-electron chi connectivity index (χ4n) is 2.52. The third-order valence-electron chi connectivity index (χ3n) is 3.58. The lowest BCUT2D eigenvalue weighted by Gasteiger charge is -2.28. The molecule has 0 bridgehead atoms. The maximum atomic E-state index is 11.8. The van der Waals surface area contributed by atoms with Gasteiger partial charge in [-0.25, -0.2) is 4.98 Å². The molecule has 0 radical (unpaired) electrons. The number of nitrogens with one attached hydrogen (secondary N) is 2. The third-order valence-corrected chi connectivity index (χ3v) is 3.58. The summed E-state index contributed by atoms with van der Waals surface area (Å²) in [5.74, 6) is 0.436. The van der Waals surface area contributed by atoms with Crippen LogP contribution < -0.4 is 10.2 Å². The minimum absolute atomic E-state index is 0.212. The van der Waals surface area contributed by atoms with E-state index in [1.54, 1.807) is 25.4 Å². The van der Waals surface area contributed by atoms with Gasteiger partial charge in [-0.3, -0.25) is 9.89 Å². The van der Waals surface area contributed by atoms with Crippen molar-refractivity contribution in [1.82, 2.24) is 20.5 Å². The normalized spacial score (nSPS) is 13.4. The van der Waals surface area contributed by atoms with E-state index in [9.17, 15) is 10.1 Å². The third kappa shape index (κ3) is 2.21. The summed E-state index contributed by atoms with van der Waals surface area (Å²) in [5.41, 5.74) is 2.78. The lowest BCUT2D eigenvalue weighted by Crippen LogP contribution is -2.33. The molecule has 7 heteroatoms. The summed E-state index contributed by atoms with van der Waals surface area (Å²) >= 11 is 0. The number of hydrogen-bond donors (Lipinski definition) is 2. The van der Waals surface area contributed by atoms with Crippen LogP contribution >= 0.6 is 0 Å². The number of amides is 1. The van der Waals surface area contributed by atoms with Crippen molar-refractivity contribution in [2.75, 3.05) is 18.5 Å². The number of nitrogens with zero attached hydrogens (tertiary/aromatic N) is 4. The Kier molecular flexibility index (Phi) is 3.28. The van der Waals surface area contributed by atoms with Gasteiger partial charge in [-0.15, -0.1) is 0 Å². The van der Waals surface area contributed by atoms with Gasteiger partial charge in [0.1, 0.15) is 11.9 Å². The molecule has 0 aromatic carbocycles. The fraction of sp³-hybridized carbons (Fsp3) is 0.286. The molecule has 21 heavy (non-hydrogen) atoms. The van der Waals surface area contributed by atoms with E-state index >= 15 is 0 Å². The molecule has 3 rings (SSSR count). The molecule has 1 aliphatic heterocycles. The van der Waals surface area contributed by atoms with E-state index in [-0.39, 0.29) is 5.91 Å². The van der Waals surface area contributed by atoms with Gasteiger partial charge < -0.3 is 10.2 Å². The molecule has 0 atom stereocenters. The number of pyridine rings is 1. The first-order valence-corrected chi connectivity index (χ1v) is 6.63. The highest BCUT2D eigenvalue weighted by Crippen LogP contribution is 2.26. The number of carbonyl (C=O) groups excluding carboxylic acids is 1. The number of hydrogen-bond acceptors (Lipinski definition) is 5. The van der Waals surface area contributed by atoms with E-state index in [4.69, 9.17) is 0 Å². The minimum atomic E-state index is -0.212. The average molecular weight is 282 g/mol. The van der Waals surface area contributed by atoms with Crippen molar-refractivity contribution in [3.8, 4) is 6.07 Å². The number of aromatic amines is 1. The molecule has 0 fully saturated rings. The standard InChI is InChI=1S/C14H14N6O/c1-16-14(21)12-10-8-20(6-4-11(10)18-19-12)13-9(7-15)3-2-5-17-13/h2-3,5H,4,6,8H2,1H3,(H,16,21)(H,18,19). The van der Waals surface area contributed by atoms with Crippen LogP contribution in [0.4, 0.5) is 5.82 Å². The van der Waals surface area contributed by atoms with E-state index in [0.717, 1.165) is 24.2 Å². The van der Waals surface area contributed by atoms with Crippen molar-refractivity contribution >= 4 is 11.7 Å². The van der Waals surface area contributed by atoms with Crippen molar-refractivity contribution in [1.29, 1.82) is 5.26 Å². The van der Waals surface area contributed by atoms with Crippen LogP contribution in [0.3, 0.4) is 0 Å². The van der Waals surface area contributed by atoms with E-state index < -0.39 is 0 Å². The smallest absolute Gasteiger partial charge is 0.271 e. The van der Waals surface area contributed by atoms with Crippen LogP contribution in [-0.2, 0) is 13.0 Å². The summed E-state index contributed by atoms with van der Waals surface area (Å²) in [4.78, 5) is 18.1. The highest BCUT2D eigenvalue weighted by Gasteiger charge is 2.26. The molecule has 1 aliphatic rings. The predicted octanol–water partition coefficient (Wildman–Crippen LogP) is 0.599. The van der Waals surface area contributed by atoms with Crippen LogP contribution in [-0.4, -0.2) is 34.7 Å². The van der Waals surface area contributed by atoms with Gasteiger partial charge in [0.2, 0.25) is 0 Å². The highest BCUT2D eigenvalue weighted by molar-refractivity contribution is 5.93. The second kappa shape index (κ2) is 5.25. The van der Waals surface area contributed by atoms with E-state index in [2.05, 4.69) is 26.6 Å². The quantitative estimate of drug-likeness (QED) is 0.840. The van der Waals surface area contributed by atoms with Gasteiger partial charge in [0.05, 0.1) is 5.56 Å². The minimum Gasteiger partial charge on any atom is -0.354 e. The number of rotatable bonds is 2. The maximum absolute atomic E-state index is 11.8. The van der Waals surface area contributed by atoms with Crippen LogP contribution in [0.2, 0.25) is 0 Å². The predicted molar refractivity (Wildman–Crippen MR) is 75.7 cm³/mol. The molecule has 1 amide bonds. The lowest BCUT2D eigenvalue weighted by molar-refractivity contribution is 0.0957. The Morgan fingerprint density at radius 2 is 2.43 bits per heavy atom. The van der Waals surface area contributed by atoms with Crippen molar-refractivity contribution in [3.63, 3.8) is 0 Å². The first-order chi connectivity index (χ1) is 10.2. The molecule has 106 valence electrons. The average Bonchev–Trinajstić information content (AvgIpc) is 2.97. The van der Waals surface area contributed by atoms with Gasteiger partial charge >= 0.3 is 0 Å². The number of fused-ring (bicyclic) bond motifs is 1. The monoisotopic (exact) mass is 282 g/mol. The topological polar surface area (TPSA) is 97.7 Å². The Morgan fingerprint density at radius 3 is 3.19 bits per heavy atom. The Labute approximate surface area is 121 Å². The molecule has 0 aliphatic carbocycles. The molecule has 3 heterocycles. The number of nitriles is 1. The summed E-state index contributed by atoms with van der Waals surface area (Å²) in [7, 11) is 1.58. The maximum Gasteiger partial charge on any atom is 0.271 e. The molecule has 2 aromatic rings. The van der Waals surface area contributed by atoms with E-state index in [1.807, 2.05) is 4.90 Å². The van der Waals surface area contributed by atoms with Crippen molar-refractivity contribution in [3.05, 3.63) is 40.8 Å². The molecular weight excluding hydrogens is 268 g/mol. The zero-order valence-corrected chi connectivity index (χ0v) is 11.6. The number of H-pyrrole nitrogens is 1. The number of carbonyl (C=O) groups is 1. The van der Waals surface area contributed by atoms with Gasteiger partial charge in [-0.2, -0.15) is 10.4 Å². The van der Waals surface area contributed by atoms with Crippen molar-refractivity contribution in [2.24, 2.45) is 0 Å². The van der Waals surface area contributed by atoms with Crippen LogP contribution in [0.25, 0.3) is 0 Å². The summed E-state index contributed by atoms with van der Waals surface area (Å²) in [6, 6.07) is 5.64. The fourth-order valence-corrected chi connectivity index (χ4v) is 2.52. The van der Waals surface area contributed by atoms with Crippen LogP contribution in [0.15, 0.2) is 18.3 Å². The SMILES string of the molecule is CNC(=O)c1n[nH]c2c1CN(c1ncccc1C#N)CC2. The van der Waals surface area contributed by atoms with Crippen LogP contribution in [0.1, 0.15) is 27.3 Å². The summed E-state index contributed by atoms with van der Waals surface area (Å²) in [6.45, 7) is 1.24. The first kappa shape index (κ1) is 13.1. The second-order valence-corrected chi connectivity index (χ2v) is 4.77. The van der Waals surface area contributed by atoms with Gasteiger partial charge in [0, 0.05) is 44.0 Å². The Bertz CT molecular complexity index is 729. The molecular formula is C14H14N6O. The Hall–Kier alpha value is -2.88. The zero-order valence-electron chi connectivity index (χ0n) is 11.6. The molecule has 0 unspecified atom stereocenters. The molecule has 2 N–H and O–H groups in total. The van der Waals surface area contributed by atoms with Gasteiger partial charge in [0.25, 0.3) is 5.91 Å². The summed E-state index contributed by atoms with van der Waals surface area (Å²) in [6.07, 6.45) is 2.40. The van der Waals surface area contributed by atoms with E-state index in [1.165, 1.54) is 0 Å². The Morgan fingerprint density at radius 1 is 1.57 bits per heavy atom. The summed E-state index contributed by atoms with van der Waals surface area (Å²) in [5, 5.41) is 18.8. The number of aromatic nitrogens is 3. The molecule has 7 nitrogen and oxygen atoms in total. The van der Waals surface area contributed by atoms with Crippen molar-refractivity contribution < 1.29 is 4.79 Å². The molecule has 0 spiro atoms. The Balaban J connectivity index is 1.96. The zero-order chi connectivity index (χ0) is 14.8. The van der Waals surface area contributed by atoms with E-state index in [0.29, 0.717) is 23.6 Å². The van der Waals surface area contributed by atoms with Gasteiger partial charge in [0.15, 0.2) is 5.69 Å². The highest BCUT2D eigenvalue weighted by atomic mass is 16.1. The molecule has 2 aromatic heterocycles. The second-order valence-electron chi connectivity index (χ2n) is 4.77.